The standard InChI is InChI=1S/C15H11F3N2O5S/c16-15(17,18)14(23)19-10-4-6-11(7-5-10)20-26(24,25)12-3-1-2-9(8-12)13(21)22/h1-8,20H,(H,19,23)(H,21,22). The zero-order valence-electron chi connectivity index (χ0n) is 12.7. The van der Waals surface area contributed by atoms with Crippen molar-refractivity contribution in [1.29, 1.82) is 0 Å². The number of carbonyl (C=O) groups is 2. The number of rotatable bonds is 5. The summed E-state index contributed by atoms with van der Waals surface area (Å²) in [4.78, 5) is 21.4. The van der Waals surface area contributed by atoms with Crippen molar-refractivity contribution in [2.24, 2.45) is 0 Å². The van der Waals surface area contributed by atoms with Crippen LogP contribution in [0.1, 0.15) is 10.4 Å². The summed E-state index contributed by atoms with van der Waals surface area (Å²) in [5, 5.41) is 10.5. The van der Waals surface area contributed by atoms with Crippen LogP contribution in [0, 0.1) is 0 Å². The molecule has 2 aromatic carbocycles. The van der Waals surface area contributed by atoms with E-state index in [2.05, 4.69) is 4.72 Å². The van der Waals surface area contributed by atoms with Gasteiger partial charge in [-0.3, -0.25) is 9.52 Å². The second kappa shape index (κ2) is 7.04. The number of alkyl halides is 3. The number of anilines is 2. The molecule has 0 saturated carbocycles. The largest absolute Gasteiger partial charge is 0.478 e. The molecule has 0 aliphatic heterocycles. The third-order valence-electron chi connectivity index (χ3n) is 3.04. The number of carboxylic acid groups (broad SMARTS) is 1. The van der Waals surface area contributed by atoms with Gasteiger partial charge in [0.25, 0.3) is 10.0 Å². The molecule has 0 atom stereocenters. The minimum atomic E-state index is -5.05. The average Bonchev–Trinajstić information content (AvgIpc) is 2.55. The third kappa shape index (κ3) is 4.72. The first-order valence-corrected chi connectivity index (χ1v) is 8.32. The molecule has 26 heavy (non-hydrogen) atoms. The SMILES string of the molecule is O=C(O)c1cccc(S(=O)(=O)Nc2ccc(NC(=O)C(F)(F)F)cc2)c1. The fourth-order valence-corrected chi connectivity index (χ4v) is 2.94. The quantitative estimate of drug-likeness (QED) is 0.729. The molecular weight excluding hydrogens is 377 g/mol. The second-order valence-electron chi connectivity index (χ2n) is 4.97. The molecule has 0 saturated heterocycles. The number of aromatic carboxylic acids is 1. The summed E-state index contributed by atoms with van der Waals surface area (Å²) >= 11 is 0. The van der Waals surface area contributed by atoms with Gasteiger partial charge in [-0.2, -0.15) is 13.2 Å². The number of halogens is 3. The highest BCUT2D eigenvalue weighted by Gasteiger charge is 2.38. The van der Waals surface area contributed by atoms with Gasteiger partial charge in [0.15, 0.2) is 0 Å². The molecular formula is C15H11F3N2O5S. The molecule has 0 aliphatic carbocycles. The maximum Gasteiger partial charge on any atom is 0.471 e. The number of nitrogens with one attached hydrogen (secondary N) is 2. The van der Waals surface area contributed by atoms with Crippen LogP contribution >= 0.6 is 0 Å². The first-order valence-electron chi connectivity index (χ1n) is 6.83. The Kier molecular flexibility index (Phi) is 5.21. The lowest BCUT2D eigenvalue weighted by Gasteiger charge is -2.11. The Bertz CT molecular complexity index is 940. The molecule has 0 radical (unpaired) electrons. The number of carbonyl (C=O) groups excluding carboxylic acids is 1. The van der Waals surface area contributed by atoms with E-state index in [1.54, 1.807) is 5.32 Å². The van der Waals surface area contributed by atoms with E-state index in [-0.39, 0.29) is 21.8 Å². The van der Waals surface area contributed by atoms with Crippen LogP contribution in [0.2, 0.25) is 0 Å². The number of hydrogen-bond acceptors (Lipinski definition) is 4. The van der Waals surface area contributed by atoms with Gasteiger partial charge in [-0.1, -0.05) is 6.07 Å². The van der Waals surface area contributed by atoms with E-state index in [0.717, 1.165) is 30.3 Å². The van der Waals surface area contributed by atoms with Crippen LogP contribution in [-0.2, 0) is 14.8 Å². The summed E-state index contributed by atoms with van der Waals surface area (Å²) in [6.45, 7) is 0. The molecule has 138 valence electrons. The summed E-state index contributed by atoms with van der Waals surface area (Å²) in [5.74, 6) is -3.46. The van der Waals surface area contributed by atoms with Crippen molar-refractivity contribution in [3.63, 3.8) is 0 Å². The van der Waals surface area contributed by atoms with E-state index < -0.39 is 28.1 Å². The Hall–Kier alpha value is -3.08. The highest BCUT2D eigenvalue weighted by Crippen LogP contribution is 2.21. The average molecular weight is 388 g/mol. The topological polar surface area (TPSA) is 113 Å². The number of hydrogen-bond donors (Lipinski definition) is 3. The second-order valence-corrected chi connectivity index (χ2v) is 6.65. The summed E-state index contributed by atoms with van der Waals surface area (Å²) in [5.41, 5.74) is -0.392. The maximum absolute atomic E-state index is 12.2. The van der Waals surface area contributed by atoms with Crippen LogP contribution in [0.3, 0.4) is 0 Å². The van der Waals surface area contributed by atoms with Gasteiger partial charge in [-0.05, 0) is 42.5 Å². The lowest BCUT2D eigenvalue weighted by atomic mass is 10.2. The maximum atomic E-state index is 12.2. The minimum Gasteiger partial charge on any atom is -0.478 e. The van der Waals surface area contributed by atoms with E-state index in [9.17, 15) is 31.2 Å². The molecule has 0 aliphatic rings. The normalized spacial score (nSPS) is 11.7. The molecule has 0 unspecified atom stereocenters. The zero-order chi connectivity index (χ0) is 19.5. The zero-order valence-corrected chi connectivity index (χ0v) is 13.6. The number of benzene rings is 2. The highest BCUT2D eigenvalue weighted by atomic mass is 32.2. The van der Waals surface area contributed by atoms with Gasteiger partial charge in [0.2, 0.25) is 0 Å². The fraction of sp³-hybridized carbons (Fsp3) is 0.0667. The van der Waals surface area contributed by atoms with Crippen LogP contribution in [0.15, 0.2) is 53.4 Å². The molecule has 0 fully saturated rings. The predicted octanol–water partition coefficient (Wildman–Crippen LogP) is 2.69. The molecule has 0 spiro atoms. The van der Waals surface area contributed by atoms with Gasteiger partial charge in [0.05, 0.1) is 10.5 Å². The van der Waals surface area contributed by atoms with Crippen LogP contribution < -0.4 is 10.0 Å². The lowest BCUT2D eigenvalue weighted by molar-refractivity contribution is -0.167. The van der Waals surface area contributed by atoms with Crippen LogP contribution in [0.5, 0.6) is 0 Å². The van der Waals surface area contributed by atoms with Crippen molar-refractivity contribution in [1.82, 2.24) is 0 Å². The molecule has 0 heterocycles. The summed E-state index contributed by atoms with van der Waals surface area (Å²) in [6.07, 6.45) is -5.05. The molecule has 2 rings (SSSR count). The predicted molar refractivity (Wildman–Crippen MR) is 85.3 cm³/mol. The Balaban J connectivity index is 2.16. The summed E-state index contributed by atoms with van der Waals surface area (Å²) in [7, 11) is -4.11. The van der Waals surface area contributed by atoms with Crippen LogP contribution in [0.4, 0.5) is 24.5 Å². The Labute approximate surface area is 145 Å². The van der Waals surface area contributed by atoms with Crippen molar-refractivity contribution in [2.75, 3.05) is 10.0 Å². The van der Waals surface area contributed by atoms with E-state index in [1.165, 1.54) is 18.2 Å². The third-order valence-corrected chi connectivity index (χ3v) is 4.42. The Morgan fingerprint density at radius 3 is 2.08 bits per heavy atom. The van der Waals surface area contributed by atoms with Gasteiger partial charge in [0.1, 0.15) is 0 Å². The first-order chi connectivity index (χ1) is 12.0. The molecule has 11 heteroatoms. The number of carboxylic acids is 1. The minimum absolute atomic E-state index is 0.00994. The Morgan fingerprint density at radius 1 is 0.962 bits per heavy atom. The number of sulfonamides is 1. The van der Waals surface area contributed by atoms with Crippen LogP contribution in [0.25, 0.3) is 0 Å². The molecule has 0 aromatic heterocycles. The molecule has 0 bridgehead atoms. The van der Waals surface area contributed by atoms with Gasteiger partial charge >= 0.3 is 18.1 Å². The van der Waals surface area contributed by atoms with Crippen molar-refractivity contribution >= 4 is 33.3 Å². The van der Waals surface area contributed by atoms with Crippen LogP contribution in [-0.4, -0.2) is 31.6 Å². The van der Waals surface area contributed by atoms with E-state index in [0.29, 0.717) is 0 Å². The summed E-state index contributed by atoms with van der Waals surface area (Å²) in [6, 6.07) is 9.07. The lowest BCUT2D eigenvalue weighted by Crippen LogP contribution is -2.29. The van der Waals surface area contributed by atoms with Crippen molar-refractivity contribution < 1.29 is 36.3 Å². The monoisotopic (exact) mass is 388 g/mol. The molecule has 3 N–H and O–H groups in total. The van der Waals surface area contributed by atoms with Crippen molar-refractivity contribution in [2.45, 2.75) is 11.1 Å². The smallest absolute Gasteiger partial charge is 0.471 e. The van der Waals surface area contributed by atoms with E-state index >= 15 is 0 Å². The van der Waals surface area contributed by atoms with Crippen molar-refractivity contribution in [3.8, 4) is 0 Å². The molecule has 7 nitrogen and oxygen atoms in total. The molecule has 1 amide bonds. The van der Waals surface area contributed by atoms with Gasteiger partial charge in [-0.15, -0.1) is 0 Å². The Morgan fingerprint density at radius 2 is 1.54 bits per heavy atom. The van der Waals surface area contributed by atoms with E-state index in [1.807, 2.05) is 0 Å². The van der Waals surface area contributed by atoms with Gasteiger partial charge < -0.3 is 10.4 Å². The van der Waals surface area contributed by atoms with E-state index in [4.69, 9.17) is 5.11 Å². The van der Waals surface area contributed by atoms with Gasteiger partial charge in [0, 0.05) is 11.4 Å². The summed E-state index contributed by atoms with van der Waals surface area (Å²) < 4.78 is 63.2. The number of amides is 1. The highest BCUT2D eigenvalue weighted by molar-refractivity contribution is 7.92. The first kappa shape index (κ1) is 19.2. The fourth-order valence-electron chi connectivity index (χ4n) is 1.83. The van der Waals surface area contributed by atoms with Gasteiger partial charge in [-0.25, -0.2) is 13.2 Å². The molecule has 2 aromatic rings. The van der Waals surface area contributed by atoms with Crippen molar-refractivity contribution in [3.05, 3.63) is 54.1 Å².